The highest BCUT2D eigenvalue weighted by Gasteiger charge is 2.23. The monoisotopic (exact) mass is 258 g/mol. The van der Waals surface area contributed by atoms with Crippen LogP contribution in [0.3, 0.4) is 0 Å². The number of fused-ring (bicyclic) bond motifs is 3. The molecule has 1 aliphatic heterocycles. The fourth-order valence-corrected chi connectivity index (χ4v) is 2.73. The standard InChI is InChI=1S/C18H14N2/c1-13-7-2-4-9-15(13)19-18-14-8-3-5-10-16(14)20-12-6-11-17(18)20/h2-12H,1H3. The van der Waals surface area contributed by atoms with Gasteiger partial charge >= 0.3 is 0 Å². The maximum Gasteiger partial charge on any atom is 0.0970 e. The van der Waals surface area contributed by atoms with Crippen molar-refractivity contribution in [2.45, 2.75) is 6.92 Å². The number of aliphatic imine (C=N–C) groups is 1. The van der Waals surface area contributed by atoms with Crippen molar-refractivity contribution in [3.8, 4) is 5.69 Å². The van der Waals surface area contributed by atoms with E-state index in [4.69, 9.17) is 4.99 Å². The summed E-state index contributed by atoms with van der Waals surface area (Å²) in [6.45, 7) is 2.10. The highest BCUT2D eigenvalue weighted by Crippen LogP contribution is 2.31. The van der Waals surface area contributed by atoms with Gasteiger partial charge in [-0.2, -0.15) is 0 Å². The summed E-state index contributed by atoms with van der Waals surface area (Å²) in [4.78, 5) is 4.91. The summed E-state index contributed by atoms with van der Waals surface area (Å²) in [5.41, 5.74) is 6.86. The molecule has 1 aromatic heterocycles. The lowest BCUT2D eigenvalue weighted by molar-refractivity contribution is 1.09. The zero-order valence-electron chi connectivity index (χ0n) is 11.2. The first kappa shape index (κ1) is 11.2. The topological polar surface area (TPSA) is 17.3 Å². The van der Waals surface area contributed by atoms with Crippen LogP contribution in [0.5, 0.6) is 0 Å². The van der Waals surface area contributed by atoms with Crippen molar-refractivity contribution in [3.05, 3.63) is 83.7 Å². The van der Waals surface area contributed by atoms with E-state index in [1.165, 1.54) is 16.8 Å². The van der Waals surface area contributed by atoms with Crippen LogP contribution in [0.15, 0.2) is 71.9 Å². The molecule has 0 unspecified atom stereocenters. The van der Waals surface area contributed by atoms with Crippen LogP contribution in [0.1, 0.15) is 16.8 Å². The van der Waals surface area contributed by atoms with Gasteiger partial charge in [0.05, 0.1) is 22.8 Å². The molecular formula is C18H14N2. The number of hydrogen-bond donors (Lipinski definition) is 0. The van der Waals surface area contributed by atoms with E-state index in [0.29, 0.717) is 0 Å². The first-order chi connectivity index (χ1) is 9.84. The molecule has 0 saturated carbocycles. The third-order valence-electron chi connectivity index (χ3n) is 3.76. The van der Waals surface area contributed by atoms with Crippen LogP contribution in [0.25, 0.3) is 5.69 Å². The van der Waals surface area contributed by atoms with Crippen LogP contribution in [0.2, 0.25) is 0 Å². The lowest BCUT2D eigenvalue weighted by atomic mass is 10.1. The zero-order chi connectivity index (χ0) is 13.5. The minimum Gasteiger partial charge on any atom is -0.314 e. The van der Waals surface area contributed by atoms with Crippen molar-refractivity contribution in [1.29, 1.82) is 0 Å². The number of aryl methyl sites for hydroxylation is 1. The van der Waals surface area contributed by atoms with Crippen molar-refractivity contribution in [2.24, 2.45) is 4.99 Å². The van der Waals surface area contributed by atoms with Crippen molar-refractivity contribution in [1.82, 2.24) is 4.57 Å². The van der Waals surface area contributed by atoms with Crippen molar-refractivity contribution < 1.29 is 0 Å². The highest BCUT2D eigenvalue weighted by atomic mass is 15.0. The molecule has 0 N–H and O–H groups in total. The molecule has 3 aromatic rings. The Morgan fingerprint density at radius 1 is 0.850 bits per heavy atom. The van der Waals surface area contributed by atoms with Gasteiger partial charge < -0.3 is 4.57 Å². The largest absolute Gasteiger partial charge is 0.314 e. The molecule has 0 atom stereocenters. The first-order valence-electron chi connectivity index (χ1n) is 6.76. The van der Waals surface area contributed by atoms with Gasteiger partial charge in [-0.1, -0.05) is 36.4 Å². The molecule has 0 amide bonds. The molecule has 96 valence electrons. The van der Waals surface area contributed by atoms with Crippen molar-refractivity contribution in [3.63, 3.8) is 0 Å². The third-order valence-corrected chi connectivity index (χ3v) is 3.76. The SMILES string of the molecule is Cc1ccccc1N=C1c2ccccc2-n2cccc21. The molecule has 0 saturated heterocycles. The maximum absolute atomic E-state index is 4.91. The van der Waals surface area contributed by atoms with Crippen LogP contribution < -0.4 is 0 Å². The van der Waals surface area contributed by atoms with Gasteiger partial charge in [0.2, 0.25) is 0 Å². The molecule has 0 bridgehead atoms. The normalized spacial score (nSPS) is 14.3. The predicted octanol–water partition coefficient (Wildman–Crippen LogP) is 4.27. The van der Waals surface area contributed by atoms with Crippen molar-refractivity contribution >= 4 is 11.4 Å². The Hall–Kier alpha value is -2.61. The Labute approximate surface area is 118 Å². The number of nitrogens with zero attached hydrogens (tertiary/aromatic N) is 2. The van der Waals surface area contributed by atoms with Gasteiger partial charge in [-0.05, 0) is 36.8 Å². The van der Waals surface area contributed by atoms with Gasteiger partial charge in [0, 0.05) is 11.8 Å². The quantitative estimate of drug-likeness (QED) is 0.485. The van der Waals surface area contributed by atoms with E-state index in [0.717, 1.165) is 17.1 Å². The number of hydrogen-bond acceptors (Lipinski definition) is 1. The van der Waals surface area contributed by atoms with E-state index in [1.54, 1.807) is 0 Å². The van der Waals surface area contributed by atoms with E-state index in [9.17, 15) is 0 Å². The fourth-order valence-electron chi connectivity index (χ4n) is 2.73. The maximum atomic E-state index is 4.91. The third kappa shape index (κ3) is 1.55. The molecule has 2 aromatic carbocycles. The fraction of sp³-hybridized carbons (Fsp3) is 0.0556. The molecule has 4 rings (SSSR count). The average Bonchev–Trinajstić information content (AvgIpc) is 3.04. The minimum atomic E-state index is 1.03. The number of rotatable bonds is 1. The Morgan fingerprint density at radius 3 is 2.55 bits per heavy atom. The Balaban J connectivity index is 1.98. The number of benzene rings is 2. The van der Waals surface area contributed by atoms with Gasteiger partial charge in [-0.15, -0.1) is 0 Å². The predicted molar refractivity (Wildman–Crippen MR) is 82.2 cm³/mol. The zero-order valence-corrected chi connectivity index (χ0v) is 11.2. The molecule has 2 heteroatoms. The molecule has 2 nitrogen and oxygen atoms in total. The van der Waals surface area contributed by atoms with E-state index < -0.39 is 0 Å². The van der Waals surface area contributed by atoms with E-state index in [1.807, 2.05) is 12.1 Å². The summed E-state index contributed by atoms with van der Waals surface area (Å²) >= 11 is 0. The van der Waals surface area contributed by atoms with E-state index in [-0.39, 0.29) is 0 Å². The summed E-state index contributed by atoms with van der Waals surface area (Å²) in [5, 5.41) is 0. The molecule has 0 fully saturated rings. The first-order valence-corrected chi connectivity index (χ1v) is 6.76. The summed E-state index contributed by atoms with van der Waals surface area (Å²) in [7, 11) is 0. The van der Waals surface area contributed by atoms with Gasteiger partial charge in [0.1, 0.15) is 0 Å². The second-order valence-corrected chi connectivity index (χ2v) is 5.03. The Morgan fingerprint density at radius 2 is 1.65 bits per heavy atom. The lowest BCUT2D eigenvalue weighted by Gasteiger charge is -2.02. The van der Waals surface area contributed by atoms with Gasteiger partial charge in [0.25, 0.3) is 0 Å². The summed E-state index contributed by atoms with van der Waals surface area (Å²) in [6.07, 6.45) is 2.09. The molecule has 0 aliphatic carbocycles. The minimum absolute atomic E-state index is 1.03. The van der Waals surface area contributed by atoms with E-state index >= 15 is 0 Å². The van der Waals surface area contributed by atoms with Crippen LogP contribution in [-0.4, -0.2) is 10.3 Å². The molecule has 1 aliphatic rings. The second-order valence-electron chi connectivity index (χ2n) is 5.03. The molecule has 2 heterocycles. The summed E-state index contributed by atoms with van der Waals surface area (Å²) in [5.74, 6) is 0. The van der Waals surface area contributed by atoms with Crippen molar-refractivity contribution in [2.75, 3.05) is 0 Å². The average molecular weight is 258 g/mol. The number of para-hydroxylation sites is 2. The van der Waals surface area contributed by atoms with Gasteiger partial charge in [-0.25, -0.2) is 4.99 Å². The highest BCUT2D eigenvalue weighted by molar-refractivity contribution is 6.18. The van der Waals surface area contributed by atoms with E-state index in [2.05, 4.69) is 66.2 Å². The van der Waals surface area contributed by atoms with Crippen LogP contribution in [0, 0.1) is 6.92 Å². The second kappa shape index (κ2) is 4.20. The van der Waals surface area contributed by atoms with Crippen LogP contribution in [0.4, 0.5) is 5.69 Å². The molecule has 0 radical (unpaired) electrons. The smallest absolute Gasteiger partial charge is 0.0970 e. The number of aromatic nitrogens is 1. The molecular weight excluding hydrogens is 244 g/mol. The van der Waals surface area contributed by atoms with Gasteiger partial charge in [-0.3, -0.25) is 0 Å². The Bertz CT molecular complexity index is 825. The molecule has 0 spiro atoms. The lowest BCUT2D eigenvalue weighted by Crippen LogP contribution is -1.97. The van der Waals surface area contributed by atoms with Crippen LogP contribution in [-0.2, 0) is 0 Å². The Kier molecular flexibility index (Phi) is 2.36. The van der Waals surface area contributed by atoms with Gasteiger partial charge in [0.15, 0.2) is 0 Å². The molecule has 20 heavy (non-hydrogen) atoms. The summed E-state index contributed by atoms with van der Waals surface area (Å²) in [6, 6.07) is 20.8. The summed E-state index contributed by atoms with van der Waals surface area (Å²) < 4.78 is 2.20. The van der Waals surface area contributed by atoms with Crippen LogP contribution >= 0.6 is 0 Å².